The van der Waals surface area contributed by atoms with Crippen molar-refractivity contribution in [1.29, 1.82) is 0 Å². The van der Waals surface area contributed by atoms with Gasteiger partial charge in [0.25, 0.3) is 5.56 Å². The predicted octanol–water partition coefficient (Wildman–Crippen LogP) is -0.223. The molecule has 0 spiro atoms. The van der Waals surface area contributed by atoms with Crippen molar-refractivity contribution < 1.29 is 28.3 Å². The largest absolute Gasteiger partial charge is 0.394 e. The van der Waals surface area contributed by atoms with Gasteiger partial charge in [0, 0.05) is 5.92 Å². The van der Waals surface area contributed by atoms with Crippen LogP contribution in [-0.4, -0.2) is 55.5 Å². The Balaban J connectivity index is 1.74. The fourth-order valence-electron chi connectivity index (χ4n) is 3.03. The number of nitrogens with one attached hydrogen (secondary N) is 2. The molecule has 2 aromatic rings. The number of fused-ring (bicyclic) bond motifs is 2. The van der Waals surface area contributed by atoms with E-state index in [0.29, 0.717) is 0 Å². The highest BCUT2D eigenvalue weighted by Gasteiger charge is 2.53. The number of imidazole rings is 1. The summed E-state index contributed by atoms with van der Waals surface area (Å²) in [4.78, 5) is 34.9. The van der Waals surface area contributed by atoms with Gasteiger partial charge in [0.15, 0.2) is 17.4 Å². The van der Waals surface area contributed by atoms with Crippen LogP contribution in [0.5, 0.6) is 0 Å². The molecule has 0 radical (unpaired) electrons. The smallest absolute Gasteiger partial charge is 0.320 e. The number of aliphatic hydroxyl groups is 1. The van der Waals surface area contributed by atoms with E-state index in [4.69, 9.17) is 13.8 Å². The lowest BCUT2D eigenvalue weighted by Crippen LogP contribution is -2.30. The number of aliphatic hydroxyl groups excluding tert-OH is 1. The van der Waals surface area contributed by atoms with Crippen molar-refractivity contribution >= 4 is 31.3 Å². The maximum absolute atomic E-state index is 12.3. The van der Waals surface area contributed by atoms with Crippen LogP contribution < -0.4 is 10.9 Å². The summed E-state index contributed by atoms with van der Waals surface area (Å²) in [5.41, 5.74) is -0.352. The Labute approximate surface area is 152 Å². The molecule has 0 bridgehead atoms. The second kappa shape index (κ2) is 6.80. The first-order valence-corrected chi connectivity index (χ1v) is 9.53. The zero-order valence-corrected chi connectivity index (χ0v) is 15.4. The molecule has 13 heteroatoms. The lowest BCUT2D eigenvalue weighted by atomic mass is 10.1. The normalized spacial score (nSPS) is 30.1. The highest BCUT2D eigenvalue weighted by molar-refractivity contribution is 7.33. The minimum atomic E-state index is -2.69. The van der Waals surface area contributed by atoms with Crippen LogP contribution in [0.4, 0.5) is 5.95 Å². The Hall–Kier alpha value is -2.11. The van der Waals surface area contributed by atoms with Crippen LogP contribution in [-0.2, 0) is 23.1 Å². The van der Waals surface area contributed by atoms with Gasteiger partial charge in [0.05, 0.1) is 12.9 Å². The summed E-state index contributed by atoms with van der Waals surface area (Å²) in [6.07, 6.45) is -1.71. The SMILES string of the molecule is CC(C)C(=O)Nc1nc2c(ncn2[C@@H]2O[C@H](CO)C3O[PH](=O)OC32)c(=O)[nH]1. The molecule has 3 N–H and O–H groups in total. The van der Waals surface area contributed by atoms with Crippen molar-refractivity contribution in [3.05, 3.63) is 16.7 Å². The van der Waals surface area contributed by atoms with Gasteiger partial charge in [-0.1, -0.05) is 13.8 Å². The van der Waals surface area contributed by atoms with E-state index in [1.165, 1.54) is 10.9 Å². The Kier molecular flexibility index (Phi) is 4.60. The molecule has 1 amide bonds. The number of carbonyl (C=O) groups is 1. The van der Waals surface area contributed by atoms with Crippen LogP contribution in [0.1, 0.15) is 20.1 Å². The van der Waals surface area contributed by atoms with Gasteiger partial charge in [-0.15, -0.1) is 0 Å². The first kappa shape index (κ1) is 18.3. The molecule has 2 fully saturated rings. The molecule has 2 aromatic heterocycles. The van der Waals surface area contributed by atoms with E-state index in [1.807, 2.05) is 0 Å². The molecule has 0 saturated carbocycles. The van der Waals surface area contributed by atoms with Gasteiger partial charge in [0.2, 0.25) is 11.9 Å². The van der Waals surface area contributed by atoms with Gasteiger partial charge in [-0.25, -0.2) is 4.98 Å². The summed E-state index contributed by atoms with van der Waals surface area (Å²) in [7, 11) is -2.69. The highest BCUT2D eigenvalue weighted by atomic mass is 31.1. The second-order valence-electron chi connectivity index (χ2n) is 6.55. The van der Waals surface area contributed by atoms with Crippen LogP contribution in [0.3, 0.4) is 0 Å². The third kappa shape index (κ3) is 3.09. The van der Waals surface area contributed by atoms with E-state index in [2.05, 4.69) is 20.3 Å². The van der Waals surface area contributed by atoms with Crippen molar-refractivity contribution in [2.45, 2.75) is 38.4 Å². The van der Waals surface area contributed by atoms with Crippen LogP contribution in [0, 0.1) is 5.92 Å². The average Bonchev–Trinajstić information content (AvgIpc) is 3.27. The van der Waals surface area contributed by atoms with E-state index >= 15 is 0 Å². The monoisotopic (exact) mass is 399 g/mol. The van der Waals surface area contributed by atoms with Crippen molar-refractivity contribution in [2.75, 3.05) is 11.9 Å². The van der Waals surface area contributed by atoms with Crippen molar-refractivity contribution in [3.8, 4) is 0 Å². The average molecular weight is 399 g/mol. The summed E-state index contributed by atoms with van der Waals surface area (Å²) in [6, 6.07) is 0. The minimum Gasteiger partial charge on any atom is -0.394 e. The van der Waals surface area contributed by atoms with Crippen molar-refractivity contribution in [3.63, 3.8) is 0 Å². The number of hydrogen-bond acceptors (Lipinski definition) is 9. The molecule has 3 unspecified atom stereocenters. The lowest BCUT2D eigenvalue weighted by molar-refractivity contribution is -0.118. The van der Waals surface area contributed by atoms with Gasteiger partial charge < -0.3 is 14.4 Å². The van der Waals surface area contributed by atoms with E-state index < -0.39 is 38.4 Å². The third-order valence-electron chi connectivity index (χ3n) is 4.40. The van der Waals surface area contributed by atoms with E-state index in [9.17, 15) is 19.3 Å². The number of aromatic amines is 1. The Bertz CT molecular complexity index is 972. The van der Waals surface area contributed by atoms with Crippen molar-refractivity contribution in [1.82, 2.24) is 19.5 Å². The Morgan fingerprint density at radius 3 is 2.89 bits per heavy atom. The van der Waals surface area contributed by atoms with Gasteiger partial charge in [-0.3, -0.25) is 33.5 Å². The summed E-state index contributed by atoms with van der Waals surface area (Å²) < 4.78 is 29.4. The van der Waals surface area contributed by atoms with E-state index in [0.717, 1.165) is 0 Å². The number of H-pyrrole nitrogens is 1. The Morgan fingerprint density at radius 2 is 2.19 bits per heavy atom. The van der Waals surface area contributed by atoms with Crippen LogP contribution >= 0.6 is 8.25 Å². The molecule has 0 aromatic carbocycles. The number of nitrogens with zero attached hydrogens (tertiary/aromatic N) is 3. The highest BCUT2D eigenvalue weighted by Crippen LogP contribution is 2.49. The maximum Gasteiger partial charge on any atom is 0.320 e. The molecule has 5 atom stereocenters. The first-order valence-electron chi connectivity index (χ1n) is 8.30. The molecule has 146 valence electrons. The zero-order valence-electron chi connectivity index (χ0n) is 14.4. The number of aromatic nitrogens is 4. The molecular formula is C14H18N5O7P. The predicted molar refractivity (Wildman–Crippen MR) is 91.4 cm³/mol. The number of ether oxygens (including phenoxy) is 1. The fraction of sp³-hybridized carbons (Fsp3) is 0.571. The molecule has 4 heterocycles. The lowest BCUT2D eigenvalue weighted by Gasteiger charge is -2.17. The van der Waals surface area contributed by atoms with Gasteiger partial charge in [-0.2, -0.15) is 4.98 Å². The van der Waals surface area contributed by atoms with Crippen LogP contribution in [0.2, 0.25) is 0 Å². The zero-order chi connectivity index (χ0) is 19.3. The van der Waals surface area contributed by atoms with Crippen LogP contribution in [0.25, 0.3) is 11.2 Å². The fourth-order valence-corrected chi connectivity index (χ4v) is 4.07. The number of carbonyl (C=O) groups excluding carboxylic acids is 1. The van der Waals surface area contributed by atoms with Crippen molar-refractivity contribution in [2.24, 2.45) is 5.92 Å². The molecule has 2 saturated heterocycles. The quantitative estimate of drug-likeness (QED) is 0.591. The first-order chi connectivity index (χ1) is 12.9. The number of amides is 1. The van der Waals surface area contributed by atoms with Gasteiger partial charge in [0.1, 0.15) is 18.3 Å². The summed E-state index contributed by atoms with van der Waals surface area (Å²) in [5, 5.41) is 12.0. The standard InChI is InChI=1S/C14H18N5O7P/c1-5(2)11(21)17-14-16-10-7(12(22)18-14)15-4-19(10)13-9-8(6(3-20)24-13)25-27(23)26-9/h4-6,8-9,13,20,27H,3H2,1-2H3,(H2,16,17,18,21,22)/t6-,8?,9?,13-/m1/s1. The second-order valence-corrected chi connectivity index (χ2v) is 7.52. The maximum atomic E-state index is 12.3. The summed E-state index contributed by atoms with van der Waals surface area (Å²) >= 11 is 0. The number of rotatable bonds is 4. The van der Waals surface area contributed by atoms with Gasteiger partial charge in [-0.05, 0) is 0 Å². The molecule has 2 aliphatic rings. The van der Waals surface area contributed by atoms with Gasteiger partial charge >= 0.3 is 8.25 Å². The molecule has 2 aliphatic heterocycles. The molecule has 27 heavy (non-hydrogen) atoms. The summed E-state index contributed by atoms with van der Waals surface area (Å²) in [6.45, 7) is 3.06. The molecular weight excluding hydrogens is 381 g/mol. The van der Waals surface area contributed by atoms with E-state index in [1.54, 1.807) is 13.8 Å². The summed E-state index contributed by atoms with van der Waals surface area (Å²) in [5.74, 6) is -0.646. The third-order valence-corrected chi connectivity index (χ3v) is 5.33. The molecule has 4 rings (SSSR count). The van der Waals surface area contributed by atoms with E-state index in [-0.39, 0.29) is 35.5 Å². The number of anilines is 1. The topological polar surface area (TPSA) is 158 Å². The van der Waals surface area contributed by atoms with Crippen LogP contribution in [0.15, 0.2) is 11.1 Å². The molecule has 12 nitrogen and oxygen atoms in total. The number of hydrogen-bond donors (Lipinski definition) is 3. The molecule has 0 aliphatic carbocycles. The minimum absolute atomic E-state index is 0.0293. The Morgan fingerprint density at radius 1 is 1.44 bits per heavy atom.